The SMILES string of the molecule is CCNC(=NCC(CC)(CC)CCO)NC1C2CCOC2C1(C)C.I. The number of hydrogen-bond acceptors (Lipinski definition) is 3. The molecule has 25 heavy (non-hydrogen) atoms. The maximum absolute atomic E-state index is 9.40. The molecule has 3 atom stereocenters. The van der Waals surface area contributed by atoms with Crippen molar-refractivity contribution in [2.75, 3.05) is 26.3 Å². The third-order valence-corrected chi connectivity index (χ3v) is 6.45. The Morgan fingerprint density at radius 2 is 1.96 bits per heavy atom. The molecule has 0 aromatic rings. The molecular weight excluding hydrogens is 429 g/mol. The molecule has 0 radical (unpaired) electrons. The van der Waals surface area contributed by atoms with Crippen LogP contribution < -0.4 is 10.6 Å². The molecule has 3 unspecified atom stereocenters. The van der Waals surface area contributed by atoms with Gasteiger partial charge in [0.05, 0.1) is 6.10 Å². The van der Waals surface area contributed by atoms with Crippen molar-refractivity contribution in [1.29, 1.82) is 0 Å². The molecule has 2 aliphatic rings. The van der Waals surface area contributed by atoms with Crippen molar-refractivity contribution < 1.29 is 9.84 Å². The summed E-state index contributed by atoms with van der Waals surface area (Å²) in [5, 5.41) is 16.5. The fraction of sp³-hybridized carbons (Fsp3) is 0.947. The van der Waals surface area contributed by atoms with Gasteiger partial charge in [-0.2, -0.15) is 0 Å². The first-order valence-electron chi connectivity index (χ1n) is 9.71. The molecule has 1 saturated heterocycles. The van der Waals surface area contributed by atoms with Crippen molar-refractivity contribution in [2.45, 2.75) is 72.4 Å². The van der Waals surface area contributed by atoms with Crippen LogP contribution in [0, 0.1) is 16.7 Å². The Kier molecular flexibility index (Phi) is 8.94. The van der Waals surface area contributed by atoms with Gasteiger partial charge in [-0.1, -0.05) is 27.7 Å². The molecule has 2 fully saturated rings. The van der Waals surface area contributed by atoms with Gasteiger partial charge in [-0.3, -0.25) is 4.99 Å². The van der Waals surface area contributed by atoms with Crippen molar-refractivity contribution >= 4 is 29.9 Å². The van der Waals surface area contributed by atoms with Crippen molar-refractivity contribution in [3.63, 3.8) is 0 Å². The molecular formula is C19H38IN3O2. The van der Waals surface area contributed by atoms with Crippen LogP contribution in [-0.4, -0.2) is 49.5 Å². The van der Waals surface area contributed by atoms with E-state index in [1.807, 2.05) is 0 Å². The zero-order chi connectivity index (χ0) is 17.8. The summed E-state index contributed by atoms with van der Waals surface area (Å²) in [4.78, 5) is 4.89. The van der Waals surface area contributed by atoms with Gasteiger partial charge < -0.3 is 20.5 Å². The van der Waals surface area contributed by atoms with Crippen molar-refractivity contribution in [1.82, 2.24) is 10.6 Å². The third-order valence-electron chi connectivity index (χ3n) is 6.45. The fourth-order valence-electron chi connectivity index (χ4n) is 4.47. The number of aliphatic hydroxyl groups excluding tert-OH is 1. The Morgan fingerprint density at radius 3 is 2.52 bits per heavy atom. The summed E-state index contributed by atoms with van der Waals surface area (Å²) >= 11 is 0. The number of nitrogens with one attached hydrogen (secondary N) is 2. The van der Waals surface area contributed by atoms with Crippen LogP contribution in [0.25, 0.3) is 0 Å². The summed E-state index contributed by atoms with van der Waals surface area (Å²) in [6, 6.07) is 0.415. The number of fused-ring (bicyclic) bond motifs is 1. The van der Waals surface area contributed by atoms with Crippen LogP contribution in [0.5, 0.6) is 0 Å². The Balaban J connectivity index is 0.00000312. The Labute approximate surface area is 170 Å². The third kappa shape index (κ3) is 4.80. The molecule has 0 spiro atoms. The van der Waals surface area contributed by atoms with Crippen molar-refractivity contribution in [2.24, 2.45) is 21.7 Å². The molecule has 5 nitrogen and oxygen atoms in total. The molecule has 1 aliphatic heterocycles. The molecule has 6 heteroatoms. The van der Waals surface area contributed by atoms with E-state index < -0.39 is 0 Å². The minimum Gasteiger partial charge on any atom is -0.396 e. The molecule has 148 valence electrons. The van der Waals surface area contributed by atoms with Crippen LogP contribution in [0.1, 0.15) is 60.3 Å². The quantitative estimate of drug-likeness (QED) is 0.292. The van der Waals surface area contributed by atoms with Gasteiger partial charge in [0.25, 0.3) is 0 Å². The standard InChI is InChI=1S/C19H37N3O2.HI/c1-6-19(7-2,10-11-23)13-21-17(20-8-3)22-15-14-9-12-24-16(14)18(15,4)5;/h14-16,23H,6-13H2,1-5H3,(H2,20,21,22);1H. The van der Waals surface area contributed by atoms with Gasteiger partial charge in [-0.05, 0) is 38.0 Å². The maximum Gasteiger partial charge on any atom is 0.191 e. The summed E-state index contributed by atoms with van der Waals surface area (Å²) in [5.74, 6) is 1.51. The zero-order valence-corrected chi connectivity index (χ0v) is 18.9. The van der Waals surface area contributed by atoms with Gasteiger partial charge in [0.1, 0.15) is 0 Å². The number of hydrogen-bond donors (Lipinski definition) is 3. The van der Waals surface area contributed by atoms with Gasteiger partial charge in [0, 0.05) is 43.7 Å². The lowest BCUT2D eigenvalue weighted by Gasteiger charge is -2.55. The lowest BCUT2D eigenvalue weighted by Crippen LogP contribution is -2.68. The average molecular weight is 467 g/mol. The van der Waals surface area contributed by atoms with E-state index in [9.17, 15) is 5.11 Å². The van der Waals surface area contributed by atoms with E-state index in [1.165, 1.54) is 0 Å². The Bertz CT molecular complexity index is 438. The van der Waals surface area contributed by atoms with Gasteiger partial charge in [-0.25, -0.2) is 0 Å². The van der Waals surface area contributed by atoms with E-state index in [2.05, 4.69) is 45.3 Å². The lowest BCUT2D eigenvalue weighted by atomic mass is 9.57. The Hall–Kier alpha value is -0.0800. The molecule has 0 amide bonds. The van der Waals surface area contributed by atoms with Crippen molar-refractivity contribution in [3.05, 3.63) is 0 Å². The van der Waals surface area contributed by atoms with Crippen LogP contribution in [-0.2, 0) is 4.74 Å². The second kappa shape index (κ2) is 9.74. The highest BCUT2D eigenvalue weighted by atomic mass is 127. The van der Waals surface area contributed by atoms with E-state index in [4.69, 9.17) is 9.73 Å². The predicted octanol–water partition coefficient (Wildman–Crippen LogP) is 3.16. The minimum absolute atomic E-state index is 0. The van der Waals surface area contributed by atoms with Crippen LogP contribution in [0.4, 0.5) is 0 Å². The molecule has 1 aliphatic carbocycles. The van der Waals surface area contributed by atoms with Crippen LogP contribution >= 0.6 is 24.0 Å². The van der Waals surface area contributed by atoms with Crippen LogP contribution in [0.2, 0.25) is 0 Å². The van der Waals surface area contributed by atoms with Crippen LogP contribution in [0.3, 0.4) is 0 Å². The average Bonchev–Trinajstić information content (AvgIpc) is 3.03. The smallest absolute Gasteiger partial charge is 0.191 e. The molecule has 1 saturated carbocycles. The molecule has 3 N–H and O–H groups in total. The maximum atomic E-state index is 9.40. The fourth-order valence-corrected chi connectivity index (χ4v) is 4.47. The van der Waals surface area contributed by atoms with Gasteiger partial charge >= 0.3 is 0 Å². The number of halogens is 1. The highest BCUT2D eigenvalue weighted by molar-refractivity contribution is 14.0. The highest BCUT2D eigenvalue weighted by Crippen LogP contribution is 2.52. The number of ether oxygens (including phenoxy) is 1. The summed E-state index contributed by atoms with van der Waals surface area (Å²) in [6.45, 7) is 13.8. The molecule has 0 aromatic heterocycles. The molecule has 1 heterocycles. The Morgan fingerprint density at radius 1 is 1.28 bits per heavy atom. The molecule has 2 rings (SSSR count). The number of rotatable bonds is 8. The van der Waals surface area contributed by atoms with Crippen molar-refractivity contribution in [3.8, 4) is 0 Å². The van der Waals surface area contributed by atoms with E-state index >= 15 is 0 Å². The first kappa shape index (κ1) is 23.0. The second-order valence-corrected chi connectivity index (χ2v) is 8.06. The van der Waals surface area contributed by atoms with Gasteiger partial charge in [-0.15, -0.1) is 24.0 Å². The number of aliphatic hydroxyl groups is 1. The monoisotopic (exact) mass is 467 g/mol. The minimum atomic E-state index is 0. The van der Waals surface area contributed by atoms with E-state index in [1.54, 1.807) is 0 Å². The lowest BCUT2D eigenvalue weighted by molar-refractivity contribution is -0.106. The van der Waals surface area contributed by atoms with E-state index in [-0.39, 0.29) is 41.4 Å². The summed E-state index contributed by atoms with van der Waals surface area (Å²) in [7, 11) is 0. The summed E-state index contributed by atoms with van der Waals surface area (Å²) < 4.78 is 5.89. The normalized spacial score (nSPS) is 27.9. The van der Waals surface area contributed by atoms with E-state index in [0.717, 1.165) is 51.3 Å². The second-order valence-electron chi connectivity index (χ2n) is 8.06. The number of nitrogens with zero attached hydrogens (tertiary/aromatic N) is 1. The van der Waals surface area contributed by atoms with E-state index in [0.29, 0.717) is 18.1 Å². The molecule has 0 bridgehead atoms. The van der Waals surface area contributed by atoms with Gasteiger partial charge in [0.15, 0.2) is 5.96 Å². The number of aliphatic imine (C=N–C) groups is 1. The summed E-state index contributed by atoms with van der Waals surface area (Å²) in [6.07, 6.45) is 4.43. The summed E-state index contributed by atoms with van der Waals surface area (Å²) in [5.41, 5.74) is 0.250. The highest BCUT2D eigenvalue weighted by Gasteiger charge is 2.59. The molecule has 0 aromatic carbocycles. The topological polar surface area (TPSA) is 65.9 Å². The number of guanidine groups is 1. The van der Waals surface area contributed by atoms with Gasteiger partial charge in [0.2, 0.25) is 0 Å². The zero-order valence-electron chi connectivity index (χ0n) is 16.6. The van der Waals surface area contributed by atoms with Crippen LogP contribution in [0.15, 0.2) is 4.99 Å². The largest absolute Gasteiger partial charge is 0.396 e. The first-order valence-corrected chi connectivity index (χ1v) is 9.71. The predicted molar refractivity (Wildman–Crippen MR) is 115 cm³/mol. The first-order chi connectivity index (χ1) is 11.4.